The highest BCUT2D eigenvalue weighted by Gasteiger charge is 2.33. The summed E-state index contributed by atoms with van der Waals surface area (Å²) in [6.07, 6.45) is 3.59. The summed E-state index contributed by atoms with van der Waals surface area (Å²) in [5, 5.41) is 0.702. The fourth-order valence-corrected chi connectivity index (χ4v) is 5.79. The second-order valence-corrected chi connectivity index (χ2v) is 10.2. The van der Waals surface area contributed by atoms with Crippen LogP contribution in [0.3, 0.4) is 0 Å². The molecule has 7 heteroatoms. The van der Waals surface area contributed by atoms with E-state index in [-0.39, 0.29) is 5.91 Å². The van der Waals surface area contributed by atoms with Crippen molar-refractivity contribution < 1.29 is 9.53 Å². The molecule has 0 aliphatic carbocycles. The van der Waals surface area contributed by atoms with Crippen molar-refractivity contribution in [3.8, 4) is 5.75 Å². The minimum Gasteiger partial charge on any atom is -0.487 e. The first kappa shape index (κ1) is 24.5. The van der Waals surface area contributed by atoms with Crippen molar-refractivity contribution in [3.05, 3.63) is 116 Å². The standard InChI is InChI=1S/C27H22Br2N2O2S/c1-2-13-33-25-22(28)14-21(15-23(25)29)16-24-26(32)31(18-20-11-7-4-8-12-20)27(34-24)30-17-19-9-5-3-6-10-19/h2-12,14-16H,1,13,17-18H2/b24-16+,30-27?. The van der Waals surface area contributed by atoms with Crippen LogP contribution >= 0.6 is 43.6 Å². The van der Waals surface area contributed by atoms with E-state index in [1.165, 1.54) is 11.8 Å². The van der Waals surface area contributed by atoms with Gasteiger partial charge >= 0.3 is 0 Å². The zero-order valence-corrected chi connectivity index (χ0v) is 22.3. The topological polar surface area (TPSA) is 41.9 Å². The second kappa shape index (κ2) is 11.7. The average molecular weight is 598 g/mol. The van der Waals surface area contributed by atoms with Crippen molar-refractivity contribution in [1.82, 2.24) is 4.90 Å². The molecule has 1 heterocycles. The van der Waals surface area contributed by atoms with Gasteiger partial charge in [-0.05, 0) is 78.5 Å². The summed E-state index contributed by atoms with van der Waals surface area (Å²) in [5.41, 5.74) is 3.03. The maximum absolute atomic E-state index is 13.4. The van der Waals surface area contributed by atoms with Crippen molar-refractivity contribution in [2.24, 2.45) is 4.99 Å². The minimum absolute atomic E-state index is 0.0557. The number of nitrogens with zero attached hydrogens (tertiary/aromatic N) is 2. The molecule has 0 bridgehead atoms. The van der Waals surface area contributed by atoms with Gasteiger partial charge < -0.3 is 4.74 Å². The Balaban J connectivity index is 1.63. The molecule has 1 aliphatic heterocycles. The van der Waals surface area contributed by atoms with Gasteiger partial charge in [0.25, 0.3) is 5.91 Å². The lowest BCUT2D eigenvalue weighted by Crippen LogP contribution is -2.28. The van der Waals surface area contributed by atoms with Crippen LogP contribution in [0.5, 0.6) is 5.75 Å². The lowest BCUT2D eigenvalue weighted by atomic mass is 10.2. The van der Waals surface area contributed by atoms with Gasteiger partial charge in [-0.25, -0.2) is 0 Å². The summed E-state index contributed by atoms with van der Waals surface area (Å²) in [4.78, 5) is 20.6. The van der Waals surface area contributed by atoms with E-state index >= 15 is 0 Å². The molecule has 34 heavy (non-hydrogen) atoms. The maximum Gasteiger partial charge on any atom is 0.267 e. The van der Waals surface area contributed by atoms with Crippen LogP contribution in [0.1, 0.15) is 16.7 Å². The maximum atomic E-state index is 13.4. The van der Waals surface area contributed by atoms with Crippen LogP contribution in [0.25, 0.3) is 6.08 Å². The van der Waals surface area contributed by atoms with E-state index in [4.69, 9.17) is 9.73 Å². The summed E-state index contributed by atoms with van der Waals surface area (Å²) >= 11 is 8.54. The highest BCUT2D eigenvalue weighted by molar-refractivity contribution is 9.11. The minimum atomic E-state index is -0.0557. The number of benzene rings is 3. The monoisotopic (exact) mass is 596 g/mol. The molecule has 172 valence electrons. The van der Waals surface area contributed by atoms with Crippen molar-refractivity contribution in [2.75, 3.05) is 6.61 Å². The van der Waals surface area contributed by atoms with Gasteiger partial charge in [-0.1, -0.05) is 73.3 Å². The SMILES string of the molecule is C=CCOc1c(Br)cc(/C=C2/SC(=NCc3ccccc3)N(Cc3ccccc3)C2=O)cc1Br. The van der Waals surface area contributed by atoms with Gasteiger partial charge in [0.1, 0.15) is 12.4 Å². The van der Waals surface area contributed by atoms with Crippen molar-refractivity contribution >= 4 is 60.8 Å². The number of carbonyl (C=O) groups is 1. The Hall–Kier alpha value is -2.61. The Kier molecular flexibility index (Phi) is 8.43. The molecule has 0 aromatic heterocycles. The third kappa shape index (κ3) is 6.09. The number of aliphatic imine (C=N–C) groups is 1. The van der Waals surface area contributed by atoms with E-state index in [1.54, 1.807) is 11.0 Å². The van der Waals surface area contributed by atoms with Crippen LogP contribution in [0.15, 0.2) is 104 Å². The highest BCUT2D eigenvalue weighted by atomic mass is 79.9. The van der Waals surface area contributed by atoms with Gasteiger partial charge in [0.15, 0.2) is 5.17 Å². The number of halogens is 2. The quantitative estimate of drug-likeness (QED) is 0.200. The molecule has 0 unspecified atom stereocenters. The average Bonchev–Trinajstić information content (AvgIpc) is 3.12. The van der Waals surface area contributed by atoms with Gasteiger partial charge in [-0.2, -0.15) is 0 Å². The number of amides is 1. The first-order valence-electron chi connectivity index (χ1n) is 10.6. The molecular weight excluding hydrogens is 576 g/mol. The van der Waals surface area contributed by atoms with E-state index in [2.05, 4.69) is 38.4 Å². The number of thioether (sulfide) groups is 1. The zero-order chi connectivity index (χ0) is 23.9. The Labute approximate surface area is 220 Å². The highest BCUT2D eigenvalue weighted by Crippen LogP contribution is 2.38. The summed E-state index contributed by atoms with van der Waals surface area (Å²) in [6, 6.07) is 23.9. The fraction of sp³-hybridized carbons (Fsp3) is 0.111. The van der Waals surface area contributed by atoms with Crippen LogP contribution < -0.4 is 4.74 Å². The molecule has 4 rings (SSSR count). The van der Waals surface area contributed by atoms with Crippen molar-refractivity contribution in [2.45, 2.75) is 13.1 Å². The molecule has 0 radical (unpaired) electrons. The molecule has 1 amide bonds. The van der Waals surface area contributed by atoms with Gasteiger partial charge in [-0.15, -0.1) is 0 Å². The van der Waals surface area contributed by atoms with E-state index < -0.39 is 0 Å². The second-order valence-electron chi connectivity index (χ2n) is 7.49. The lowest BCUT2D eigenvalue weighted by molar-refractivity contribution is -0.122. The molecule has 0 N–H and O–H groups in total. The van der Waals surface area contributed by atoms with Crippen LogP contribution in [-0.2, 0) is 17.9 Å². The van der Waals surface area contributed by atoms with Crippen LogP contribution in [0.2, 0.25) is 0 Å². The van der Waals surface area contributed by atoms with Gasteiger partial charge in [-0.3, -0.25) is 14.7 Å². The number of amidine groups is 1. The number of hydrogen-bond donors (Lipinski definition) is 0. The van der Waals surface area contributed by atoms with E-state index in [0.29, 0.717) is 35.5 Å². The van der Waals surface area contributed by atoms with E-state index in [9.17, 15) is 4.79 Å². The Morgan fingerprint density at radius 3 is 2.21 bits per heavy atom. The van der Waals surface area contributed by atoms with E-state index in [0.717, 1.165) is 25.6 Å². The molecule has 4 nitrogen and oxygen atoms in total. The molecule has 3 aromatic carbocycles. The molecular formula is C27H22Br2N2O2S. The molecule has 1 fully saturated rings. The summed E-state index contributed by atoms with van der Waals surface area (Å²) in [5.74, 6) is 0.642. The molecule has 1 aliphatic rings. The first-order valence-corrected chi connectivity index (χ1v) is 13.0. The van der Waals surface area contributed by atoms with Gasteiger partial charge in [0.2, 0.25) is 0 Å². The number of rotatable bonds is 8. The number of hydrogen-bond acceptors (Lipinski definition) is 4. The Bertz CT molecular complexity index is 1220. The van der Waals surface area contributed by atoms with Gasteiger partial charge in [0.05, 0.1) is 26.9 Å². The van der Waals surface area contributed by atoms with Crippen molar-refractivity contribution in [1.29, 1.82) is 0 Å². The van der Waals surface area contributed by atoms with Crippen LogP contribution in [-0.4, -0.2) is 22.6 Å². The van der Waals surface area contributed by atoms with Crippen LogP contribution in [0, 0.1) is 0 Å². The van der Waals surface area contributed by atoms with Crippen LogP contribution in [0.4, 0.5) is 0 Å². The zero-order valence-electron chi connectivity index (χ0n) is 18.3. The summed E-state index contributed by atoms with van der Waals surface area (Å²) in [7, 11) is 0. The Morgan fingerprint density at radius 2 is 1.59 bits per heavy atom. The van der Waals surface area contributed by atoms with E-state index in [1.807, 2.05) is 78.9 Å². The largest absolute Gasteiger partial charge is 0.487 e. The summed E-state index contributed by atoms with van der Waals surface area (Å²) in [6.45, 7) is 5.08. The number of ether oxygens (including phenoxy) is 1. The third-order valence-corrected chi connectivity index (χ3v) is 7.20. The normalized spacial score (nSPS) is 15.8. The number of carbonyl (C=O) groups excluding carboxylic acids is 1. The fourth-order valence-electron chi connectivity index (χ4n) is 3.37. The molecule has 0 saturated carbocycles. The van der Waals surface area contributed by atoms with Gasteiger partial charge in [0, 0.05) is 0 Å². The predicted octanol–water partition coefficient (Wildman–Crippen LogP) is 7.45. The van der Waals surface area contributed by atoms with Crippen molar-refractivity contribution in [3.63, 3.8) is 0 Å². The molecule has 3 aromatic rings. The molecule has 0 spiro atoms. The summed E-state index contributed by atoms with van der Waals surface area (Å²) < 4.78 is 7.30. The predicted molar refractivity (Wildman–Crippen MR) is 148 cm³/mol. The Morgan fingerprint density at radius 1 is 0.971 bits per heavy atom. The lowest BCUT2D eigenvalue weighted by Gasteiger charge is -2.15. The molecule has 1 saturated heterocycles. The smallest absolute Gasteiger partial charge is 0.267 e. The molecule has 0 atom stereocenters. The third-order valence-electron chi connectivity index (χ3n) is 4.98. The first-order chi connectivity index (χ1) is 16.5.